The van der Waals surface area contributed by atoms with Crippen LogP contribution in [0.2, 0.25) is 0 Å². The van der Waals surface area contributed by atoms with Gasteiger partial charge in [0.1, 0.15) is 0 Å². The predicted octanol–water partition coefficient (Wildman–Crippen LogP) is 12.7. The van der Waals surface area contributed by atoms with E-state index in [1.165, 1.54) is 173 Å². The molecule has 1 aliphatic rings. The number of nitrogens with zero attached hydrogens (tertiary/aromatic N) is 1. The highest BCUT2D eigenvalue weighted by Crippen LogP contribution is 2.46. The van der Waals surface area contributed by atoms with E-state index in [0.717, 1.165) is 43.3 Å². The van der Waals surface area contributed by atoms with Crippen LogP contribution in [0.3, 0.4) is 0 Å². The standard InChI is InChI=1S/C38H78NO4P/c1-4-6-8-10-12-14-16-18-20-22-24-26-28-30-34-39(3)35-32-38(33-36-39)43-44(40,41)42-37-31-29-27-25-23-21-19-17-15-13-11-9-7-5-2/h38H,4-37H2,1-3H3/p+1. The summed E-state index contributed by atoms with van der Waals surface area (Å²) >= 11 is 0. The molecule has 6 heteroatoms. The Hall–Kier alpha value is 0.0700. The van der Waals surface area contributed by atoms with Crippen LogP contribution in [0, 0.1) is 0 Å². The van der Waals surface area contributed by atoms with E-state index < -0.39 is 7.82 Å². The maximum absolute atomic E-state index is 12.5. The van der Waals surface area contributed by atoms with Crippen LogP contribution in [0.1, 0.15) is 206 Å². The fourth-order valence-electron chi connectivity index (χ4n) is 6.88. The highest BCUT2D eigenvalue weighted by molar-refractivity contribution is 7.47. The first-order chi connectivity index (χ1) is 21.4. The lowest BCUT2D eigenvalue weighted by atomic mass is 10.0. The maximum Gasteiger partial charge on any atom is 0.472 e. The molecule has 1 heterocycles. The van der Waals surface area contributed by atoms with Crippen LogP contribution in [0.5, 0.6) is 0 Å². The first-order valence-corrected chi connectivity index (χ1v) is 21.4. The number of piperidine rings is 1. The molecule has 1 N–H and O–H groups in total. The first-order valence-electron chi connectivity index (χ1n) is 19.9. The van der Waals surface area contributed by atoms with Crippen LogP contribution in [-0.4, -0.2) is 48.8 Å². The highest BCUT2D eigenvalue weighted by Gasteiger charge is 2.34. The van der Waals surface area contributed by atoms with Crippen molar-refractivity contribution in [1.82, 2.24) is 0 Å². The van der Waals surface area contributed by atoms with Crippen LogP contribution in [0.4, 0.5) is 0 Å². The molecule has 0 aromatic rings. The van der Waals surface area contributed by atoms with E-state index in [2.05, 4.69) is 20.9 Å². The third-order valence-corrected chi connectivity index (χ3v) is 11.1. The van der Waals surface area contributed by atoms with E-state index in [0.29, 0.717) is 6.61 Å². The molecule has 1 atom stereocenters. The van der Waals surface area contributed by atoms with E-state index in [9.17, 15) is 9.46 Å². The first kappa shape index (κ1) is 42.1. The molecule has 0 aliphatic carbocycles. The Labute approximate surface area is 276 Å². The van der Waals surface area contributed by atoms with Crippen molar-refractivity contribution in [3.05, 3.63) is 0 Å². The molecule has 0 aromatic carbocycles. The average molecular weight is 645 g/mol. The molecular weight excluding hydrogens is 565 g/mol. The molecular formula is C38H79NO4P+. The van der Waals surface area contributed by atoms with Gasteiger partial charge in [0.15, 0.2) is 0 Å². The van der Waals surface area contributed by atoms with Crippen LogP contribution in [0.25, 0.3) is 0 Å². The van der Waals surface area contributed by atoms with Gasteiger partial charge in [0.2, 0.25) is 0 Å². The Morgan fingerprint density at radius 1 is 0.545 bits per heavy atom. The van der Waals surface area contributed by atoms with Gasteiger partial charge in [-0.25, -0.2) is 4.57 Å². The second kappa shape index (κ2) is 29.2. The summed E-state index contributed by atoms with van der Waals surface area (Å²) in [5.74, 6) is 0. The van der Waals surface area contributed by atoms with Gasteiger partial charge in [0.25, 0.3) is 0 Å². The maximum atomic E-state index is 12.5. The topological polar surface area (TPSA) is 55.8 Å². The lowest BCUT2D eigenvalue weighted by Crippen LogP contribution is -2.51. The number of phosphoric ester groups is 1. The number of phosphoric acid groups is 1. The van der Waals surface area contributed by atoms with E-state index in [-0.39, 0.29) is 6.10 Å². The van der Waals surface area contributed by atoms with Crippen molar-refractivity contribution in [2.75, 3.05) is 33.3 Å². The molecule has 5 nitrogen and oxygen atoms in total. The third kappa shape index (κ3) is 26.2. The Kier molecular flexibility index (Phi) is 28.0. The molecule has 1 aliphatic heterocycles. The second-order valence-corrected chi connectivity index (χ2v) is 16.0. The summed E-state index contributed by atoms with van der Waals surface area (Å²) in [4.78, 5) is 10.3. The van der Waals surface area contributed by atoms with Gasteiger partial charge in [0, 0.05) is 12.8 Å². The van der Waals surface area contributed by atoms with E-state index in [4.69, 9.17) is 9.05 Å². The minimum absolute atomic E-state index is 0.148. The molecule has 1 unspecified atom stereocenters. The number of quaternary nitrogens is 1. The van der Waals surface area contributed by atoms with Gasteiger partial charge in [-0.1, -0.05) is 174 Å². The summed E-state index contributed by atoms with van der Waals surface area (Å²) < 4.78 is 24.5. The Morgan fingerprint density at radius 2 is 0.864 bits per heavy atom. The van der Waals surface area contributed by atoms with Gasteiger partial charge in [-0.15, -0.1) is 0 Å². The highest BCUT2D eigenvalue weighted by atomic mass is 31.2. The van der Waals surface area contributed by atoms with E-state index >= 15 is 0 Å². The molecule has 44 heavy (non-hydrogen) atoms. The summed E-state index contributed by atoms with van der Waals surface area (Å²) in [6.07, 6.45) is 39.3. The third-order valence-electron chi connectivity index (χ3n) is 10.1. The SMILES string of the molecule is CCCCCCCCCCCCCCCCOP(=O)(O)OC1CC[N+](C)(CCCCCCCCCCCCCCCC)CC1. The normalized spacial score (nSPS) is 20.2. The van der Waals surface area contributed by atoms with Crippen LogP contribution >= 0.6 is 7.82 Å². The predicted molar refractivity (Wildman–Crippen MR) is 191 cm³/mol. The monoisotopic (exact) mass is 645 g/mol. The summed E-state index contributed by atoms with van der Waals surface area (Å²) in [6.45, 7) is 8.17. The number of hydrogen-bond donors (Lipinski definition) is 1. The fourth-order valence-corrected chi connectivity index (χ4v) is 7.89. The van der Waals surface area contributed by atoms with Crippen molar-refractivity contribution < 1.29 is 23.0 Å². The fraction of sp³-hybridized carbons (Fsp3) is 1.00. The van der Waals surface area contributed by atoms with Gasteiger partial charge in [-0.2, -0.15) is 0 Å². The number of hydrogen-bond acceptors (Lipinski definition) is 3. The Balaban J connectivity index is 1.93. The molecule has 0 amide bonds. The molecule has 1 saturated heterocycles. The largest absolute Gasteiger partial charge is 0.472 e. The minimum Gasteiger partial charge on any atom is -0.326 e. The number of rotatable bonds is 33. The van der Waals surface area contributed by atoms with Crippen molar-refractivity contribution in [1.29, 1.82) is 0 Å². The van der Waals surface area contributed by atoms with Crippen molar-refractivity contribution in [2.24, 2.45) is 0 Å². The van der Waals surface area contributed by atoms with E-state index in [1.807, 2.05) is 0 Å². The molecule has 1 fully saturated rings. The molecule has 0 aromatic heterocycles. The van der Waals surface area contributed by atoms with E-state index in [1.54, 1.807) is 0 Å². The number of unbranched alkanes of at least 4 members (excludes halogenated alkanes) is 26. The lowest BCUT2D eigenvalue weighted by molar-refractivity contribution is -0.915. The smallest absolute Gasteiger partial charge is 0.326 e. The van der Waals surface area contributed by atoms with Gasteiger partial charge in [-0.3, -0.25) is 9.05 Å². The number of likely N-dealkylation sites (tertiary alicyclic amines) is 1. The summed E-state index contributed by atoms with van der Waals surface area (Å²) in [6, 6.07) is 0. The summed E-state index contributed by atoms with van der Waals surface area (Å²) in [5, 5.41) is 0. The van der Waals surface area contributed by atoms with Crippen LogP contribution in [0.15, 0.2) is 0 Å². The zero-order valence-electron chi connectivity index (χ0n) is 30.2. The minimum atomic E-state index is -3.95. The molecule has 0 spiro atoms. The summed E-state index contributed by atoms with van der Waals surface area (Å²) in [5.41, 5.74) is 0. The molecule has 0 bridgehead atoms. The van der Waals surface area contributed by atoms with Gasteiger partial charge in [-0.05, 0) is 19.3 Å². The van der Waals surface area contributed by atoms with Crippen molar-refractivity contribution in [3.63, 3.8) is 0 Å². The van der Waals surface area contributed by atoms with Gasteiger partial charge >= 0.3 is 7.82 Å². The molecule has 0 saturated carbocycles. The van der Waals surface area contributed by atoms with Crippen LogP contribution in [-0.2, 0) is 13.6 Å². The van der Waals surface area contributed by atoms with Crippen LogP contribution < -0.4 is 0 Å². The Morgan fingerprint density at radius 3 is 1.23 bits per heavy atom. The Bertz CT molecular complexity index is 653. The quantitative estimate of drug-likeness (QED) is 0.0439. The van der Waals surface area contributed by atoms with Crippen molar-refractivity contribution >= 4 is 7.82 Å². The summed E-state index contributed by atoms with van der Waals surface area (Å²) in [7, 11) is -1.60. The van der Waals surface area contributed by atoms with Crippen molar-refractivity contribution in [2.45, 2.75) is 213 Å². The van der Waals surface area contributed by atoms with Crippen molar-refractivity contribution in [3.8, 4) is 0 Å². The van der Waals surface area contributed by atoms with Gasteiger partial charge in [0.05, 0.1) is 39.4 Å². The van der Waals surface area contributed by atoms with Gasteiger partial charge < -0.3 is 9.38 Å². The molecule has 264 valence electrons. The average Bonchev–Trinajstić information content (AvgIpc) is 3.00. The zero-order valence-corrected chi connectivity index (χ0v) is 31.1. The lowest BCUT2D eigenvalue weighted by Gasteiger charge is -2.40. The molecule has 1 rings (SSSR count). The second-order valence-electron chi connectivity index (χ2n) is 14.6. The zero-order chi connectivity index (χ0) is 32.0. The molecule has 0 radical (unpaired) electrons.